The lowest BCUT2D eigenvalue weighted by atomic mass is 10.0. The van der Waals surface area contributed by atoms with E-state index in [0.717, 1.165) is 24.8 Å². The number of nitrogens with one attached hydrogen (secondary N) is 2. The van der Waals surface area contributed by atoms with Crippen LogP contribution in [0.3, 0.4) is 0 Å². The summed E-state index contributed by atoms with van der Waals surface area (Å²) >= 11 is 0. The van der Waals surface area contributed by atoms with Crippen molar-refractivity contribution in [2.24, 2.45) is 5.92 Å². The predicted octanol–water partition coefficient (Wildman–Crippen LogP) is 3.86. The maximum atomic E-state index is 11.9. The molecule has 30 heavy (non-hydrogen) atoms. The molecule has 9 nitrogen and oxygen atoms in total. The summed E-state index contributed by atoms with van der Waals surface area (Å²) in [5.41, 5.74) is 0.251. The quantitative estimate of drug-likeness (QED) is 0.698. The number of carbonyl (C=O) groups excluding carboxylic acids is 1. The van der Waals surface area contributed by atoms with E-state index in [-0.39, 0.29) is 12.0 Å². The van der Waals surface area contributed by atoms with Crippen LogP contribution < -0.4 is 20.1 Å². The first-order chi connectivity index (χ1) is 14.3. The van der Waals surface area contributed by atoms with Gasteiger partial charge in [0, 0.05) is 18.2 Å². The summed E-state index contributed by atoms with van der Waals surface area (Å²) in [7, 11) is 3.17. The zero-order valence-electron chi connectivity index (χ0n) is 18.2. The first-order valence-corrected chi connectivity index (χ1v) is 10.1. The number of amides is 1. The van der Waals surface area contributed by atoms with Gasteiger partial charge in [-0.25, -0.2) is 4.79 Å². The minimum absolute atomic E-state index is 0.138. The van der Waals surface area contributed by atoms with Crippen molar-refractivity contribution in [3.8, 4) is 22.9 Å². The number of hydrogen-bond donors (Lipinski definition) is 2. The highest BCUT2D eigenvalue weighted by atomic mass is 16.6. The van der Waals surface area contributed by atoms with Crippen LogP contribution in [0.15, 0.2) is 22.7 Å². The zero-order valence-corrected chi connectivity index (χ0v) is 18.2. The summed E-state index contributed by atoms with van der Waals surface area (Å²) < 4.78 is 21.3. The molecule has 0 unspecified atom stereocenters. The molecule has 0 aliphatic heterocycles. The molecule has 0 spiro atoms. The van der Waals surface area contributed by atoms with Crippen LogP contribution in [0.25, 0.3) is 11.4 Å². The fourth-order valence-electron chi connectivity index (χ4n) is 3.53. The van der Waals surface area contributed by atoms with Gasteiger partial charge in [-0.05, 0) is 57.7 Å². The van der Waals surface area contributed by atoms with E-state index in [1.54, 1.807) is 26.4 Å². The van der Waals surface area contributed by atoms with Crippen molar-refractivity contribution >= 4 is 12.1 Å². The summed E-state index contributed by atoms with van der Waals surface area (Å²) in [5, 5.41) is 10.2. The van der Waals surface area contributed by atoms with E-state index in [2.05, 4.69) is 20.8 Å². The number of benzene rings is 1. The molecule has 1 aliphatic carbocycles. The van der Waals surface area contributed by atoms with Gasteiger partial charge in [0.05, 0.1) is 14.2 Å². The number of hydrogen-bond acceptors (Lipinski definition) is 8. The van der Waals surface area contributed by atoms with Crippen molar-refractivity contribution in [3.05, 3.63) is 18.2 Å². The molecule has 1 aromatic heterocycles. The van der Waals surface area contributed by atoms with E-state index in [1.807, 2.05) is 26.8 Å². The number of ether oxygens (including phenoxy) is 3. The molecule has 0 radical (unpaired) electrons. The number of rotatable bonds is 7. The summed E-state index contributed by atoms with van der Waals surface area (Å²) in [6, 6.07) is 5.94. The van der Waals surface area contributed by atoms with Gasteiger partial charge in [0.2, 0.25) is 5.82 Å². The average molecular weight is 418 g/mol. The Morgan fingerprint density at radius 1 is 1.20 bits per heavy atom. The van der Waals surface area contributed by atoms with E-state index in [0.29, 0.717) is 29.9 Å². The molecular formula is C21H30N4O5. The normalized spacial score (nSPS) is 18.7. The number of anilines is 1. The zero-order chi connectivity index (χ0) is 21.7. The third-order valence-corrected chi connectivity index (χ3v) is 4.94. The first-order valence-electron chi connectivity index (χ1n) is 10.1. The average Bonchev–Trinajstić information content (AvgIpc) is 3.34. The van der Waals surface area contributed by atoms with Gasteiger partial charge in [-0.3, -0.25) is 0 Å². The molecule has 1 heterocycles. The van der Waals surface area contributed by atoms with Gasteiger partial charge >= 0.3 is 12.1 Å². The van der Waals surface area contributed by atoms with Crippen LogP contribution in [-0.2, 0) is 4.74 Å². The molecule has 0 bridgehead atoms. The van der Waals surface area contributed by atoms with Crippen molar-refractivity contribution in [3.63, 3.8) is 0 Å². The first kappa shape index (κ1) is 21.7. The van der Waals surface area contributed by atoms with Crippen LogP contribution in [0, 0.1) is 5.92 Å². The largest absolute Gasteiger partial charge is 0.493 e. The third kappa shape index (κ3) is 5.55. The van der Waals surface area contributed by atoms with Crippen molar-refractivity contribution in [1.82, 2.24) is 15.5 Å². The molecule has 1 aromatic carbocycles. The van der Waals surface area contributed by atoms with Crippen molar-refractivity contribution in [1.29, 1.82) is 0 Å². The summed E-state index contributed by atoms with van der Waals surface area (Å²) in [4.78, 5) is 16.4. The number of alkyl carbamates (subject to hydrolysis) is 1. The lowest BCUT2D eigenvalue weighted by Crippen LogP contribution is -2.38. The summed E-state index contributed by atoms with van der Waals surface area (Å²) in [6.45, 7) is 6.07. The Hall–Kier alpha value is -2.97. The van der Waals surface area contributed by atoms with Gasteiger partial charge < -0.3 is 29.4 Å². The van der Waals surface area contributed by atoms with Gasteiger partial charge in [-0.2, -0.15) is 4.98 Å². The van der Waals surface area contributed by atoms with Crippen LogP contribution >= 0.6 is 0 Å². The minimum atomic E-state index is -0.512. The molecule has 2 aromatic rings. The standard InChI is InChI=1S/C21H30N4O5/c1-21(2,3)29-20(26)22-12-14-7-6-8-15(14)23-19-24-18(25-30-19)13-9-10-16(27-4)17(11-13)28-5/h9-11,14-15H,6-8,12H2,1-5H3,(H,22,26)(H,23,24,25)/t14-,15+/m0/s1. The number of carbonyl (C=O) groups is 1. The van der Waals surface area contributed by atoms with Crippen molar-refractivity contribution in [2.75, 3.05) is 26.1 Å². The Morgan fingerprint density at radius 3 is 2.67 bits per heavy atom. The van der Waals surface area contributed by atoms with Gasteiger partial charge in [-0.15, -0.1) is 0 Å². The maximum absolute atomic E-state index is 11.9. The highest BCUT2D eigenvalue weighted by molar-refractivity contribution is 5.67. The monoisotopic (exact) mass is 418 g/mol. The summed E-state index contributed by atoms with van der Waals surface area (Å²) in [5.74, 6) is 1.95. The van der Waals surface area contributed by atoms with Gasteiger partial charge in [0.15, 0.2) is 11.5 Å². The van der Waals surface area contributed by atoms with Crippen LogP contribution in [-0.4, -0.2) is 48.6 Å². The second-order valence-electron chi connectivity index (χ2n) is 8.32. The van der Waals surface area contributed by atoms with Crippen molar-refractivity contribution < 1.29 is 23.5 Å². The van der Waals surface area contributed by atoms with E-state index in [4.69, 9.17) is 18.7 Å². The van der Waals surface area contributed by atoms with Crippen LogP contribution in [0.1, 0.15) is 40.0 Å². The Balaban J connectivity index is 1.60. The van der Waals surface area contributed by atoms with E-state index in [1.165, 1.54) is 0 Å². The Morgan fingerprint density at radius 2 is 1.97 bits per heavy atom. The minimum Gasteiger partial charge on any atom is -0.493 e. The fourth-order valence-corrected chi connectivity index (χ4v) is 3.53. The Kier molecular flexibility index (Phi) is 6.69. The fraction of sp³-hybridized carbons (Fsp3) is 0.571. The van der Waals surface area contributed by atoms with E-state index >= 15 is 0 Å². The molecule has 2 N–H and O–H groups in total. The number of nitrogens with zero attached hydrogens (tertiary/aromatic N) is 2. The molecular weight excluding hydrogens is 388 g/mol. The van der Waals surface area contributed by atoms with E-state index < -0.39 is 11.7 Å². The van der Waals surface area contributed by atoms with Crippen LogP contribution in [0.2, 0.25) is 0 Å². The maximum Gasteiger partial charge on any atom is 0.407 e. The van der Waals surface area contributed by atoms with E-state index in [9.17, 15) is 4.79 Å². The molecule has 1 amide bonds. The third-order valence-electron chi connectivity index (χ3n) is 4.94. The number of methoxy groups -OCH3 is 2. The molecule has 3 rings (SSSR count). The van der Waals surface area contributed by atoms with Gasteiger partial charge in [-0.1, -0.05) is 11.6 Å². The SMILES string of the molecule is COc1ccc(-c2noc(N[C@@H]3CCC[C@H]3CNC(=O)OC(C)(C)C)n2)cc1OC. The molecule has 0 saturated heterocycles. The molecule has 1 saturated carbocycles. The van der Waals surface area contributed by atoms with Crippen molar-refractivity contribution in [2.45, 2.75) is 51.7 Å². The van der Waals surface area contributed by atoms with Crippen LogP contribution in [0.4, 0.5) is 10.8 Å². The molecule has 164 valence electrons. The highest BCUT2D eigenvalue weighted by Crippen LogP contribution is 2.32. The smallest absolute Gasteiger partial charge is 0.407 e. The second kappa shape index (κ2) is 9.23. The highest BCUT2D eigenvalue weighted by Gasteiger charge is 2.29. The van der Waals surface area contributed by atoms with Crippen LogP contribution in [0.5, 0.6) is 11.5 Å². The second-order valence-corrected chi connectivity index (χ2v) is 8.32. The van der Waals surface area contributed by atoms with Gasteiger partial charge in [0.25, 0.3) is 0 Å². The number of aromatic nitrogens is 2. The Labute approximate surface area is 176 Å². The lowest BCUT2D eigenvalue weighted by Gasteiger charge is -2.23. The Bertz CT molecular complexity index is 861. The molecule has 1 fully saturated rings. The molecule has 9 heteroatoms. The van der Waals surface area contributed by atoms with Gasteiger partial charge in [0.1, 0.15) is 5.60 Å². The topological polar surface area (TPSA) is 108 Å². The lowest BCUT2D eigenvalue weighted by molar-refractivity contribution is 0.0519. The predicted molar refractivity (Wildman–Crippen MR) is 112 cm³/mol. The molecule has 2 atom stereocenters. The summed E-state index contributed by atoms with van der Waals surface area (Å²) in [6.07, 6.45) is 2.63. The molecule has 1 aliphatic rings.